The highest BCUT2D eigenvalue weighted by atomic mass is 16.5. The number of carbonyl (C=O) groups excluding carboxylic acids is 2. The molecule has 0 aromatic heterocycles. The molecule has 2 N–H and O–H groups in total. The van der Waals surface area contributed by atoms with Crippen LogP contribution < -0.4 is 19.9 Å². The lowest BCUT2D eigenvalue weighted by molar-refractivity contribution is -0.907. The Morgan fingerprint density at radius 2 is 1.90 bits per heavy atom. The molecule has 7 heteroatoms. The van der Waals surface area contributed by atoms with E-state index in [1.165, 1.54) is 9.80 Å². The molecule has 0 spiro atoms. The summed E-state index contributed by atoms with van der Waals surface area (Å²) in [6.45, 7) is 12.7. The van der Waals surface area contributed by atoms with Gasteiger partial charge in [-0.1, -0.05) is 26.0 Å². The van der Waals surface area contributed by atoms with Crippen LogP contribution in [0.2, 0.25) is 0 Å². The molecule has 0 aliphatic carbocycles. The van der Waals surface area contributed by atoms with Gasteiger partial charge in [-0.15, -0.1) is 0 Å². The van der Waals surface area contributed by atoms with Crippen LogP contribution in [0, 0.1) is 5.92 Å². The van der Waals surface area contributed by atoms with Crippen LogP contribution in [0.25, 0.3) is 0 Å². The predicted molar refractivity (Wildman–Crippen MR) is 113 cm³/mol. The molecule has 1 aromatic carbocycles. The first-order valence-electron chi connectivity index (χ1n) is 10.8. The summed E-state index contributed by atoms with van der Waals surface area (Å²) in [6, 6.07) is 7.86. The van der Waals surface area contributed by atoms with Crippen LogP contribution in [0.3, 0.4) is 0 Å². The van der Waals surface area contributed by atoms with Crippen molar-refractivity contribution < 1.29 is 19.2 Å². The SMILES string of the molecule is CCOc1ccccc1N1CC[NH+](CN2C(=O)N[C@](C)(CCC(C)C)C2=O)CC1. The second kappa shape index (κ2) is 9.03. The lowest BCUT2D eigenvalue weighted by Gasteiger charge is -2.35. The molecule has 0 saturated carbocycles. The molecule has 7 nitrogen and oxygen atoms in total. The van der Waals surface area contributed by atoms with Crippen molar-refractivity contribution in [1.82, 2.24) is 10.2 Å². The van der Waals surface area contributed by atoms with Crippen LogP contribution in [0.4, 0.5) is 10.5 Å². The fourth-order valence-electron chi connectivity index (χ4n) is 4.08. The maximum Gasteiger partial charge on any atom is 0.329 e. The molecule has 3 rings (SSSR count). The van der Waals surface area contributed by atoms with E-state index < -0.39 is 5.54 Å². The monoisotopic (exact) mass is 403 g/mol. The van der Waals surface area contributed by atoms with Crippen molar-refractivity contribution >= 4 is 17.6 Å². The molecular weight excluding hydrogens is 368 g/mol. The number of piperazine rings is 1. The van der Waals surface area contributed by atoms with Crippen LogP contribution in [-0.4, -0.2) is 61.8 Å². The van der Waals surface area contributed by atoms with Crippen molar-refractivity contribution in [1.29, 1.82) is 0 Å². The first-order chi connectivity index (χ1) is 13.8. The van der Waals surface area contributed by atoms with E-state index in [9.17, 15) is 9.59 Å². The van der Waals surface area contributed by atoms with Gasteiger partial charge in [0.25, 0.3) is 5.91 Å². The van der Waals surface area contributed by atoms with Crippen molar-refractivity contribution in [2.45, 2.75) is 46.1 Å². The Morgan fingerprint density at radius 3 is 2.55 bits per heavy atom. The minimum Gasteiger partial charge on any atom is -0.492 e. The van der Waals surface area contributed by atoms with Gasteiger partial charge in [0.05, 0.1) is 38.5 Å². The Bertz CT molecular complexity index is 731. The number of para-hydroxylation sites is 2. The standard InChI is InChI=1S/C22H34N4O3/c1-5-29-19-9-7-6-8-18(19)25-14-12-24(13-15-25)16-26-20(27)22(4,23-21(26)28)11-10-17(2)3/h6-9,17H,5,10-16H2,1-4H3,(H,23,28)/p+1/t22-/m1/s1. The number of imide groups is 1. The summed E-state index contributed by atoms with van der Waals surface area (Å²) in [7, 11) is 0. The van der Waals surface area contributed by atoms with E-state index in [1.807, 2.05) is 32.0 Å². The van der Waals surface area contributed by atoms with Gasteiger partial charge in [-0.05, 0) is 44.7 Å². The third-order valence-electron chi connectivity index (χ3n) is 5.92. The van der Waals surface area contributed by atoms with Crippen LogP contribution in [-0.2, 0) is 4.79 Å². The summed E-state index contributed by atoms with van der Waals surface area (Å²) in [5.74, 6) is 1.33. The number of benzene rings is 1. The van der Waals surface area contributed by atoms with Gasteiger partial charge in [-0.25, -0.2) is 9.69 Å². The highest BCUT2D eigenvalue weighted by Crippen LogP contribution is 2.28. The molecule has 160 valence electrons. The Balaban J connectivity index is 1.57. The van der Waals surface area contributed by atoms with Crippen molar-refractivity contribution in [3.8, 4) is 5.75 Å². The van der Waals surface area contributed by atoms with E-state index >= 15 is 0 Å². The molecule has 2 aliphatic heterocycles. The number of hydrogen-bond acceptors (Lipinski definition) is 4. The lowest BCUT2D eigenvalue weighted by atomic mass is 9.92. The van der Waals surface area contributed by atoms with Gasteiger partial charge < -0.3 is 19.9 Å². The number of anilines is 1. The second-order valence-corrected chi connectivity index (χ2v) is 8.72. The van der Waals surface area contributed by atoms with Gasteiger partial charge in [0.2, 0.25) is 0 Å². The minimum atomic E-state index is -0.765. The Morgan fingerprint density at radius 1 is 1.21 bits per heavy atom. The summed E-state index contributed by atoms with van der Waals surface area (Å²) >= 11 is 0. The predicted octanol–water partition coefficient (Wildman–Crippen LogP) is 1.49. The summed E-state index contributed by atoms with van der Waals surface area (Å²) in [6.07, 6.45) is 1.60. The number of nitrogens with zero attached hydrogens (tertiary/aromatic N) is 2. The molecular formula is C22H35N4O3+. The van der Waals surface area contributed by atoms with E-state index in [4.69, 9.17) is 4.74 Å². The number of rotatable bonds is 8. The van der Waals surface area contributed by atoms with Crippen molar-refractivity contribution in [3.05, 3.63) is 24.3 Å². The Hall–Kier alpha value is -2.28. The molecule has 3 amide bonds. The van der Waals surface area contributed by atoms with Crippen LogP contribution in [0.15, 0.2) is 24.3 Å². The number of ether oxygens (including phenoxy) is 1. The van der Waals surface area contributed by atoms with E-state index in [1.54, 1.807) is 0 Å². The van der Waals surface area contributed by atoms with E-state index in [0.29, 0.717) is 25.6 Å². The molecule has 2 saturated heterocycles. The number of quaternary nitrogens is 1. The Kier molecular flexibility index (Phi) is 6.67. The molecule has 0 radical (unpaired) electrons. The van der Waals surface area contributed by atoms with Gasteiger partial charge in [-0.2, -0.15) is 0 Å². The zero-order valence-electron chi connectivity index (χ0n) is 18.2. The number of hydrogen-bond donors (Lipinski definition) is 2. The third-order valence-corrected chi connectivity index (χ3v) is 5.92. The van der Waals surface area contributed by atoms with E-state index in [-0.39, 0.29) is 11.9 Å². The van der Waals surface area contributed by atoms with Crippen LogP contribution in [0.5, 0.6) is 5.75 Å². The van der Waals surface area contributed by atoms with E-state index in [0.717, 1.165) is 44.0 Å². The van der Waals surface area contributed by atoms with Crippen molar-refractivity contribution in [3.63, 3.8) is 0 Å². The average Bonchev–Trinajstić information content (AvgIpc) is 2.91. The second-order valence-electron chi connectivity index (χ2n) is 8.72. The van der Waals surface area contributed by atoms with Crippen LogP contribution in [0.1, 0.15) is 40.5 Å². The highest BCUT2D eigenvalue weighted by Gasteiger charge is 2.48. The smallest absolute Gasteiger partial charge is 0.329 e. The fraction of sp³-hybridized carbons (Fsp3) is 0.636. The van der Waals surface area contributed by atoms with Gasteiger partial charge in [-0.3, -0.25) is 4.79 Å². The summed E-state index contributed by atoms with van der Waals surface area (Å²) in [5.41, 5.74) is 0.351. The molecule has 0 unspecified atom stereocenters. The van der Waals surface area contributed by atoms with E-state index in [2.05, 4.69) is 30.1 Å². The highest BCUT2D eigenvalue weighted by molar-refractivity contribution is 6.06. The molecule has 29 heavy (non-hydrogen) atoms. The molecule has 2 heterocycles. The topological polar surface area (TPSA) is 66.3 Å². The number of nitrogens with one attached hydrogen (secondary N) is 2. The molecule has 2 fully saturated rings. The number of urea groups is 1. The van der Waals surface area contributed by atoms with Crippen LogP contribution >= 0.6 is 0 Å². The molecule has 0 bridgehead atoms. The first kappa shape index (κ1) is 21.4. The normalized spacial score (nSPS) is 23.1. The van der Waals surface area contributed by atoms with Gasteiger partial charge in [0.1, 0.15) is 11.3 Å². The summed E-state index contributed by atoms with van der Waals surface area (Å²) in [4.78, 5) is 30.4. The number of carbonyl (C=O) groups is 2. The molecule has 1 aromatic rings. The average molecular weight is 404 g/mol. The summed E-state index contributed by atoms with van der Waals surface area (Å²) in [5, 5.41) is 2.93. The minimum absolute atomic E-state index is 0.0835. The molecule has 2 aliphatic rings. The third kappa shape index (κ3) is 4.83. The zero-order chi connectivity index (χ0) is 21.0. The first-order valence-corrected chi connectivity index (χ1v) is 10.8. The van der Waals surface area contributed by atoms with Crippen molar-refractivity contribution in [2.75, 3.05) is 44.4 Å². The quantitative estimate of drug-likeness (QED) is 0.646. The molecule has 1 atom stereocenters. The van der Waals surface area contributed by atoms with Crippen molar-refractivity contribution in [2.24, 2.45) is 5.92 Å². The summed E-state index contributed by atoms with van der Waals surface area (Å²) < 4.78 is 5.76. The largest absolute Gasteiger partial charge is 0.492 e. The zero-order valence-corrected chi connectivity index (χ0v) is 18.2. The van der Waals surface area contributed by atoms with Gasteiger partial charge in [0, 0.05) is 0 Å². The Labute approximate surface area is 174 Å². The fourth-order valence-corrected chi connectivity index (χ4v) is 4.08. The van der Waals surface area contributed by atoms with Gasteiger partial charge >= 0.3 is 6.03 Å². The maximum atomic E-state index is 12.9. The number of amides is 3. The lowest BCUT2D eigenvalue weighted by Crippen LogP contribution is -3.16. The van der Waals surface area contributed by atoms with Gasteiger partial charge in [0.15, 0.2) is 6.67 Å². The maximum absolute atomic E-state index is 12.9.